The molecule has 1 aromatic rings. The second-order valence-electron chi connectivity index (χ2n) is 4.59. The fourth-order valence-electron chi connectivity index (χ4n) is 2.57. The summed E-state index contributed by atoms with van der Waals surface area (Å²) in [4.78, 5) is 0. The van der Waals surface area contributed by atoms with Gasteiger partial charge in [-0.2, -0.15) is 0 Å². The zero-order valence-electron chi connectivity index (χ0n) is 9.26. The van der Waals surface area contributed by atoms with Crippen molar-refractivity contribution in [3.8, 4) is 0 Å². The minimum absolute atomic E-state index is 0.0223. The molecule has 0 aromatic heterocycles. The summed E-state index contributed by atoms with van der Waals surface area (Å²) in [5, 5.41) is 0. The highest BCUT2D eigenvalue weighted by atomic mass is 19.3. The summed E-state index contributed by atoms with van der Waals surface area (Å²) >= 11 is 0. The van der Waals surface area contributed by atoms with E-state index in [1.54, 1.807) is 6.07 Å². The second-order valence-corrected chi connectivity index (χ2v) is 4.59. The van der Waals surface area contributed by atoms with Crippen LogP contribution in [-0.2, 0) is 11.8 Å². The van der Waals surface area contributed by atoms with Gasteiger partial charge >= 0.3 is 0 Å². The van der Waals surface area contributed by atoms with E-state index in [2.05, 4.69) is 0 Å². The highest BCUT2D eigenvalue weighted by Crippen LogP contribution is 2.44. The molecule has 1 fully saturated rings. The third kappa shape index (κ3) is 1.96. The van der Waals surface area contributed by atoms with E-state index >= 15 is 0 Å². The number of nitrogens with two attached hydrogens (primary N) is 1. The summed E-state index contributed by atoms with van der Waals surface area (Å²) in [6.45, 7) is 0.563. The lowest BCUT2D eigenvalue weighted by Crippen LogP contribution is -2.42. The molecule has 0 bridgehead atoms. The Labute approximate surface area is 94.7 Å². The van der Waals surface area contributed by atoms with Gasteiger partial charge in [-0.15, -0.1) is 0 Å². The van der Waals surface area contributed by atoms with Gasteiger partial charge in [0.05, 0.1) is 0 Å². The van der Waals surface area contributed by atoms with Crippen molar-refractivity contribution >= 4 is 0 Å². The Kier molecular flexibility index (Phi) is 3.24. The van der Waals surface area contributed by atoms with Gasteiger partial charge in [-0.25, -0.2) is 8.78 Å². The van der Waals surface area contributed by atoms with Crippen molar-refractivity contribution in [3.63, 3.8) is 0 Å². The molecule has 0 saturated heterocycles. The van der Waals surface area contributed by atoms with Crippen LogP contribution in [0.15, 0.2) is 24.3 Å². The van der Waals surface area contributed by atoms with Crippen molar-refractivity contribution in [1.29, 1.82) is 0 Å². The molecule has 16 heavy (non-hydrogen) atoms. The van der Waals surface area contributed by atoms with Crippen LogP contribution in [0, 0.1) is 0 Å². The van der Waals surface area contributed by atoms with Crippen molar-refractivity contribution in [2.75, 3.05) is 6.54 Å². The minimum Gasteiger partial charge on any atom is -0.330 e. The minimum atomic E-state index is -2.28. The average Bonchev–Trinajstić information content (AvgIpc) is 2.19. The molecule has 0 atom stereocenters. The SMILES string of the molecule is NCC1(c2ccccc2CC(F)F)CCC1. The van der Waals surface area contributed by atoms with Gasteiger partial charge < -0.3 is 5.73 Å². The Hall–Kier alpha value is -0.960. The Balaban J connectivity index is 2.32. The quantitative estimate of drug-likeness (QED) is 0.837. The number of rotatable bonds is 4. The van der Waals surface area contributed by atoms with Gasteiger partial charge in [0.15, 0.2) is 0 Å². The van der Waals surface area contributed by atoms with E-state index in [0.717, 1.165) is 30.4 Å². The van der Waals surface area contributed by atoms with Crippen LogP contribution in [0.4, 0.5) is 8.78 Å². The first kappa shape index (κ1) is 11.5. The van der Waals surface area contributed by atoms with E-state index in [4.69, 9.17) is 5.73 Å². The summed E-state index contributed by atoms with van der Waals surface area (Å²) < 4.78 is 25.0. The summed E-state index contributed by atoms with van der Waals surface area (Å²) in [5.41, 5.74) is 7.60. The van der Waals surface area contributed by atoms with Crippen LogP contribution >= 0.6 is 0 Å². The topological polar surface area (TPSA) is 26.0 Å². The molecule has 1 aliphatic rings. The molecule has 1 saturated carbocycles. The number of hydrogen-bond acceptors (Lipinski definition) is 1. The van der Waals surface area contributed by atoms with Gasteiger partial charge in [-0.1, -0.05) is 30.7 Å². The van der Waals surface area contributed by atoms with Crippen LogP contribution in [0.1, 0.15) is 30.4 Å². The maximum atomic E-state index is 12.5. The van der Waals surface area contributed by atoms with Crippen LogP contribution in [0.5, 0.6) is 0 Å². The fraction of sp³-hybridized carbons (Fsp3) is 0.538. The Morgan fingerprint density at radius 2 is 1.94 bits per heavy atom. The largest absolute Gasteiger partial charge is 0.330 e. The van der Waals surface area contributed by atoms with Crippen LogP contribution in [0.2, 0.25) is 0 Å². The fourth-order valence-corrected chi connectivity index (χ4v) is 2.57. The average molecular weight is 225 g/mol. The molecule has 0 radical (unpaired) electrons. The first-order valence-electron chi connectivity index (χ1n) is 5.74. The lowest BCUT2D eigenvalue weighted by Gasteiger charge is -2.42. The van der Waals surface area contributed by atoms with Gasteiger partial charge in [0.25, 0.3) is 0 Å². The third-order valence-electron chi connectivity index (χ3n) is 3.66. The molecular formula is C13H17F2N. The molecule has 0 unspecified atom stereocenters. The Morgan fingerprint density at radius 1 is 1.25 bits per heavy atom. The van der Waals surface area contributed by atoms with E-state index in [9.17, 15) is 8.78 Å². The van der Waals surface area contributed by atoms with Gasteiger partial charge in [0, 0.05) is 18.4 Å². The van der Waals surface area contributed by atoms with Crippen LogP contribution in [0.25, 0.3) is 0 Å². The van der Waals surface area contributed by atoms with Gasteiger partial charge in [-0.05, 0) is 24.0 Å². The lowest BCUT2D eigenvalue weighted by atomic mass is 9.63. The molecule has 0 spiro atoms. The number of hydrogen-bond donors (Lipinski definition) is 1. The van der Waals surface area contributed by atoms with E-state index in [-0.39, 0.29) is 11.8 Å². The van der Waals surface area contributed by atoms with Crippen molar-refractivity contribution in [3.05, 3.63) is 35.4 Å². The summed E-state index contributed by atoms with van der Waals surface area (Å²) in [6.07, 6.45) is 0.780. The van der Waals surface area contributed by atoms with Crippen molar-refractivity contribution in [1.82, 2.24) is 0 Å². The molecule has 2 rings (SSSR count). The maximum absolute atomic E-state index is 12.5. The van der Waals surface area contributed by atoms with Gasteiger partial charge in [0.1, 0.15) is 0 Å². The monoisotopic (exact) mass is 225 g/mol. The van der Waals surface area contributed by atoms with Gasteiger partial charge in [0.2, 0.25) is 6.43 Å². The molecule has 1 aromatic carbocycles. The third-order valence-corrected chi connectivity index (χ3v) is 3.66. The predicted octanol–water partition coefficient (Wildman–Crippen LogP) is 2.87. The molecule has 88 valence electrons. The van der Waals surface area contributed by atoms with Crippen molar-refractivity contribution in [2.24, 2.45) is 5.73 Å². The molecule has 3 heteroatoms. The van der Waals surface area contributed by atoms with Gasteiger partial charge in [-0.3, -0.25) is 0 Å². The maximum Gasteiger partial charge on any atom is 0.242 e. The molecule has 0 heterocycles. The van der Waals surface area contributed by atoms with Crippen molar-refractivity contribution < 1.29 is 8.78 Å². The van der Waals surface area contributed by atoms with Crippen LogP contribution < -0.4 is 5.73 Å². The summed E-state index contributed by atoms with van der Waals surface area (Å²) in [7, 11) is 0. The van der Waals surface area contributed by atoms with Crippen LogP contribution in [0.3, 0.4) is 0 Å². The van der Waals surface area contributed by atoms with E-state index in [1.165, 1.54) is 0 Å². The number of halogens is 2. The Bertz CT molecular complexity index is 353. The standard InChI is InChI=1S/C13H17F2N/c14-12(15)8-10-4-1-2-5-11(10)13(9-16)6-3-7-13/h1-2,4-5,12H,3,6-9,16H2. The normalized spacial score (nSPS) is 18.5. The highest BCUT2D eigenvalue weighted by molar-refractivity contribution is 5.37. The zero-order valence-corrected chi connectivity index (χ0v) is 9.26. The van der Waals surface area contributed by atoms with E-state index in [1.807, 2.05) is 18.2 Å². The van der Waals surface area contributed by atoms with Crippen LogP contribution in [-0.4, -0.2) is 13.0 Å². The second kappa shape index (κ2) is 4.50. The zero-order chi connectivity index (χ0) is 11.6. The smallest absolute Gasteiger partial charge is 0.242 e. The first-order chi connectivity index (χ1) is 7.68. The number of benzene rings is 1. The first-order valence-corrected chi connectivity index (χ1v) is 5.74. The molecule has 1 aliphatic carbocycles. The molecular weight excluding hydrogens is 208 g/mol. The predicted molar refractivity (Wildman–Crippen MR) is 60.7 cm³/mol. The van der Waals surface area contributed by atoms with E-state index in [0.29, 0.717) is 6.54 Å². The number of alkyl halides is 2. The molecule has 2 N–H and O–H groups in total. The lowest BCUT2D eigenvalue weighted by molar-refractivity contribution is 0.147. The summed E-state index contributed by atoms with van der Waals surface area (Å²) in [5.74, 6) is 0. The highest BCUT2D eigenvalue weighted by Gasteiger charge is 2.38. The molecule has 0 aliphatic heterocycles. The molecule has 0 amide bonds. The molecule has 1 nitrogen and oxygen atoms in total. The Morgan fingerprint density at radius 3 is 2.44 bits per heavy atom. The van der Waals surface area contributed by atoms with E-state index < -0.39 is 6.43 Å². The van der Waals surface area contributed by atoms with Crippen molar-refractivity contribution in [2.45, 2.75) is 37.5 Å². The summed E-state index contributed by atoms with van der Waals surface area (Å²) in [6, 6.07) is 7.51.